The van der Waals surface area contributed by atoms with E-state index in [0.717, 1.165) is 26.2 Å². The molecule has 0 bridgehead atoms. The summed E-state index contributed by atoms with van der Waals surface area (Å²) in [4.78, 5) is 2.10. The van der Waals surface area contributed by atoms with E-state index in [2.05, 4.69) is 32.7 Å². The zero-order valence-electron chi connectivity index (χ0n) is 10.6. The molecule has 0 radical (unpaired) electrons. The molecule has 0 spiro atoms. The van der Waals surface area contributed by atoms with E-state index < -0.39 is 11.6 Å². The molecule has 5 heteroatoms. The molecule has 1 N–H and O–H groups in total. The van der Waals surface area contributed by atoms with Gasteiger partial charge in [0.25, 0.3) is 0 Å². The summed E-state index contributed by atoms with van der Waals surface area (Å²) in [5.74, 6) is -1.00. The average Bonchev–Trinajstić information content (AvgIpc) is 2.43. The van der Waals surface area contributed by atoms with Crippen LogP contribution in [0.25, 0.3) is 0 Å². The van der Waals surface area contributed by atoms with Crippen LogP contribution >= 0.6 is 15.9 Å². The lowest BCUT2D eigenvalue weighted by molar-refractivity contribution is 0.167. The van der Waals surface area contributed by atoms with Gasteiger partial charge in [-0.25, -0.2) is 8.78 Å². The number of nitrogens with zero attached hydrogens (tertiary/aromatic N) is 1. The van der Waals surface area contributed by atoms with Gasteiger partial charge in [-0.3, -0.25) is 4.90 Å². The highest BCUT2D eigenvalue weighted by Crippen LogP contribution is 2.32. The predicted molar refractivity (Wildman–Crippen MR) is 76.1 cm³/mol. The highest BCUT2D eigenvalue weighted by molar-refractivity contribution is 9.10. The van der Waals surface area contributed by atoms with Crippen LogP contribution in [0.4, 0.5) is 8.78 Å². The van der Waals surface area contributed by atoms with E-state index >= 15 is 0 Å². The van der Waals surface area contributed by atoms with Gasteiger partial charge in [0.2, 0.25) is 0 Å². The molecule has 0 unspecified atom stereocenters. The Bertz CT molecular complexity index is 459. The third-order valence-electron chi connectivity index (χ3n) is 3.39. The molecular formula is C14H17BrF2N2. The van der Waals surface area contributed by atoms with Crippen molar-refractivity contribution in [2.45, 2.75) is 12.5 Å². The summed E-state index contributed by atoms with van der Waals surface area (Å²) in [6, 6.07) is 2.41. The highest BCUT2D eigenvalue weighted by Gasteiger charge is 2.27. The SMILES string of the molecule is C=CC[C@@H](c1c(F)ccc(Br)c1F)N1CCNCC1. The van der Waals surface area contributed by atoms with Crippen LogP contribution in [0.2, 0.25) is 0 Å². The van der Waals surface area contributed by atoms with Gasteiger partial charge in [0, 0.05) is 37.8 Å². The van der Waals surface area contributed by atoms with Crippen LogP contribution in [-0.2, 0) is 0 Å². The number of hydrogen-bond donors (Lipinski definition) is 1. The van der Waals surface area contributed by atoms with Crippen LogP contribution in [0.1, 0.15) is 18.0 Å². The van der Waals surface area contributed by atoms with Crippen molar-refractivity contribution in [1.29, 1.82) is 0 Å². The fraction of sp³-hybridized carbons (Fsp3) is 0.429. The molecule has 1 atom stereocenters. The number of hydrogen-bond acceptors (Lipinski definition) is 2. The second-order valence-corrected chi connectivity index (χ2v) is 5.44. The van der Waals surface area contributed by atoms with Crippen LogP contribution in [0.3, 0.4) is 0 Å². The molecule has 1 aromatic rings. The summed E-state index contributed by atoms with van der Waals surface area (Å²) in [7, 11) is 0. The van der Waals surface area contributed by atoms with Crippen LogP contribution < -0.4 is 5.32 Å². The van der Waals surface area contributed by atoms with Gasteiger partial charge in [-0.1, -0.05) is 6.08 Å². The molecule has 2 rings (SSSR count). The highest BCUT2D eigenvalue weighted by atomic mass is 79.9. The molecule has 1 aliphatic heterocycles. The Balaban J connectivity index is 2.37. The standard InChI is InChI=1S/C14H17BrF2N2/c1-2-3-12(19-8-6-18-7-9-19)13-11(16)5-4-10(15)14(13)17/h2,4-5,12,18H,1,3,6-9H2/t12-/m0/s1. The summed E-state index contributed by atoms with van der Waals surface area (Å²) in [6.07, 6.45) is 2.25. The molecule has 1 aliphatic rings. The first-order valence-electron chi connectivity index (χ1n) is 6.34. The maximum Gasteiger partial charge on any atom is 0.145 e. The molecule has 0 aliphatic carbocycles. The van der Waals surface area contributed by atoms with Crippen molar-refractivity contribution in [3.63, 3.8) is 0 Å². The van der Waals surface area contributed by atoms with Crippen LogP contribution in [-0.4, -0.2) is 31.1 Å². The molecule has 1 saturated heterocycles. The molecule has 19 heavy (non-hydrogen) atoms. The first kappa shape index (κ1) is 14.6. The minimum atomic E-state index is -0.509. The molecule has 0 aromatic heterocycles. The van der Waals surface area contributed by atoms with Crippen molar-refractivity contribution in [2.75, 3.05) is 26.2 Å². The van der Waals surface area contributed by atoms with E-state index in [1.54, 1.807) is 6.08 Å². The Morgan fingerprint density at radius 2 is 2.05 bits per heavy atom. The normalized spacial score (nSPS) is 18.3. The monoisotopic (exact) mass is 330 g/mol. The van der Waals surface area contributed by atoms with Gasteiger partial charge in [0.05, 0.1) is 4.47 Å². The van der Waals surface area contributed by atoms with Gasteiger partial charge in [-0.2, -0.15) is 0 Å². The molecule has 1 heterocycles. The number of rotatable bonds is 4. The minimum Gasteiger partial charge on any atom is -0.314 e. The van der Waals surface area contributed by atoms with Gasteiger partial charge in [0.1, 0.15) is 11.6 Å². The van der Waals surface area contributed by atoms with Crippen molar-refractivity contribution in [3.8, 4) is 0 Å². The summed E-state index contributed by atoms with van der Waals surface area (Å²) in [6.45, 7) is 6.94. The molecule has 1 fully saturated rings. The van der Waals surface area contributed by atoms with Gasteiger partial charge in [0.15, 0.2) is 0 Å². The smallest absolute Gasteiger partial charge is 0.145 e. The topological polar surface area (TPSA) is 15.3 Å². The van der Waals surface area contributed by atoms with Crippen molar-refractivity contribution in [2.24, 2.45) is 0 Å². The molecule has 0 amide bonds. The molecular weight excluding hydrogens is 314 g/mol. The zero-order chi connectivity index (χ0) is 13.8. The van der Waals surface area contributed by atoms with Crippen LogP contribution in [0.15, 0.2) is 29.3 Å². The Labute approximate surface area is 120 Å². The third-order valence-corrected chi connectivity index (χ3v) is 4.01. The van der Waals surface area contributed by atoms with E-state index in [4.69, 9.17) is 0 Å². The van der Waals surface area contributed by atoms with E-state index in [-0.39, 0.29) is 11.6 Å². The fourth-order valence-electron chi connectivity index (χ4n) is 2.45. The lowest BCUT2D eigenvalue weighted by Gasteiger charge is -2.35. The second-order valence-electron chi connectivity index (χ2n) is 4.58. The Morgan fingerprint density at radius 1 is 1.37 bits per heavy atom. The van der Waals surface area contributed by atoms with Gasteiger partial charge in [-0.15, -0.1) is 6.58 Å². The third kappa shape index (κ3) is 3.22. The lowest BCUT2D eigenvalue weighted by Crippen LogP contribution is -2.45. The number of halogens is 3. The Kier molecular flexibility index (Phi) is 5.07. The van der Waals surface area contributed by atoms with Crippen LogP contribution in [0, 0.1) is 11.6 Å². The number of piperazine rings is 1. The first-order valence-corrected chi connectivity index (χ1v) is 7.13. The van der Waals surface area contributed by atoms with Crippen molar-refractivity contribution in [3.05, 3.63) is 46.5 Å². The Hall–Kier alpha value is -0.780. The average molecular weight is 331 g/mol. The van der Waals surface area contributed by atoms with Gasteiger partial charge < -0.3 is 5.32 Å². The molecule has 104 valence electrons. The van der Waals surface area contributed by atoms with Gasteiger partial charge in [-0.05, 0) is 34.5 Å². The predicted octanol–water partition coefficient (Wildman–Crippen LogP) is 3.25. The molecule has 0 saturated carbocycles. The number of benzene rings is 1. The van der Waals surface area contributed by atoms with Crippen molar-refractivity contribution >= 4 is 15.9 Å². The number of nitrogens with one attached hydrogen (secondary N) is 1. The van der Waals surface area contributed by atoms with E-state index in [1.807, 2.05) is 0 Å². The zero-order valence-corrected chi connectivity index (χ0v) is 12.2. The fourth-order valence-corrected chi connectivity index (χ4v) is 2.80. The largest absolute Gasteiger partial charge is 0.314 e. The summed E-state index contributed by atoms with van der Waals surface area (Å²) >= 11 is 3.13. The summed E-state index contributed by atoms with van der Waals surface area (Å²) < 4.78 is 28.5. The molecule has 1 aromatic carbocycles. The van der Waals surface area contributed by atoms with E-state index in [1.165, 1.54) is 12.1 Å². The van der Waals surface area contributed by atoms with E-state index in [9.17, 15) is 8.78 Å². The first-order chi connectivity index (χ1) is 9.15. The quantitative estimate of drug-likeness (QED) is 0.673. The maximum atomic E-state index is 14.2. The minimum absolute atomic E-state index is 0.135. The second kappa shape index (κ2) is 6.59. The van der Waals surface area contributed by atoms with Crippen LogP contribution in [0.5, 0.6) is 0 Å². The Morgan fingerprint density at radius 3 is 2.68 bits per heavy atom. The summed E-state index contributed by atoms with van der Waals surface area (Å²) in [5.41, 5.74) is 0.135. The maximum absolute atomic E-state index is 14.2. The lowest BCUT2D eigenvalue weighted by atomic mass is 10.00. The summed E-state index contributed by atoms with van der Waals surface area (Å²) in [5, 5.41) is 3.24. The van der Waals surface area contributed by atoms with Crippen molar-refractivity contribution in [1.82, 2.24) is 10.2 Å². The van der Waals surface area contributed by atoms with E-state index in [0.29, 0.717) is 10.9 Å². The van der Waals surface area contributed by atoms with Gasteiger partial charge >= 0.3 is 0 Å². The molecule has 2 nitrogen and oxygen atoms in total. The van der Waals surface area contributed by atoms with Crippen molar-refractivity contribution < 1.29 is 8.78 Å².